The van der Waals surface area contributed by atoms with E-state index in [1.807, 2.05) is 12.1 Å². The number of carbonyl (C=O) groups is 1. The van der Waals surface area contributed by atoms with Crippen LogP contribution in [0, 0.1) is 0 Å². The van der Waals surface area contributed by atoms with E-state index >= 15 is 0 Å². The van der Waals surface area contributed by atoms with Gasteiger partial charge in [-0.25, -0.2) is 8.42 Å². The van der Waals surface area contributed by atoms with Crippen molar-refractivity contribution in [1.29, 1.82) is 0 Å². The lowest BCUT2D eigenvalue weighted by Gasteiger charge is -2.20. The summed E-state index contributed by atoms with van der Waals surface area (Å²) in [6, 6.07) is 12.7. The minimum Gasteiger partial charge on any atom is -0.495 e. The summed E-state index contributed by atoms with van der Waals surface area (Å²) >= 11 is 0. The molecule has 0 spiro atoms. The number of nitrogens with one attached hydrogen (secondary N) is 1. The fraction of sp³-hybridized carbons (Fsp3) is 0.458. The van der Waals surface area contributed by atoms with Crippen molar-refractivity contribution in [3.8, 4) is 5.75 Å². The molecule has 3 rings (SSSR count). The third-order valence-electron chi connectivity index (χ3n) is 5.83. The molecule has 1 N–H and O–H groups in total. The zero-order chi connectivity index (χ0) is 23.1. The number of benzene rings is 2. The molecule has 32 heavy (non-hydrogen) atoms. The summed E-state index contributed by atoms with van der Waals surface area (Å²) in [6.45, 7) is 7.88. The molecule has 1 aliphatic heterocycles. The maximum atomic E-state index is 13.0. The number of amides is 1. The van der Waals surface area contributed by atoms with Crippen LogP contribution in [-0.4, -0.2) is 56.8 Å². The monoisotopic (exact) mass is 459 g/mol. The molecule has 174 valence electrons. The van der Waals surface area contributed by atoms with Crippen LogP contribution in [0.4, 0.5) is 0 Å². The van der Waals surface area contributed by atoms with Crippen molar-refractivity contribution < 1.29 is 17.9 Å². The van der Waals surface area contributed by atoms with Crippen molar-refractivity contribution in [3.05, 3.63) is 59.2 Å². The quantitative estimate of drug-likeness (QED) is 0.590. The van der Waals surface area contributed by atoms with Crippen molar-refractivity contribution in [2.45, 2.75) is 44.7 Å². The van der Waals surface area contributed by atoms with Gasteiger partial charge in [-0.15, -0.1) is 0 Å². The van der Waals surface area contributed by atoms with E-state index in [1.165, 1.54) is 42.0 Å². The molecular formula is C24H33N3O4S. The first kappa shape index (κ1) is 24.2. The van der Waals surface area contributed by atoms with E-state index in [0.29, 0.717) is 19.6 Å². The van der Waals surface area contributed by atoms with Gasteiger partial charge in [-0.1, -0.05) is 38.1 Å². The van der Waals surface area contributed by atoms with Gasteiger partial charge in [0.15, 0.2) is 0 Å². The topological polar surface area (TPSA) is 79.0 Å². The van der Waals surface area contributed by atoms with Crippen molar-refractivity contribution >= 4 is 15.9 Å². The molecule has 0 aromatic heterocycles. The lowest BCUT2D eigenvalue weighted by molar-refractivity contribution is 0.0950. The van der Waals surface area contributed by atoms with Crippen molar-refractivity contribution in [3.63, 3.8) is 0 Å². The highest BCUT2D eigenvalue weighted by atomic mass is 32.2. The Kier molecular flexibility index (Phi) is 8.28. The third kappa shape index (κ3) is 5.68. The van der Waals surface area contributed by atoms with E-state index in [0.717, 1.165) is 25.2 Å². The van der Waals surface area contributed by atoms with Gasteiger partial charge in [0.05, 0.1) is 7.11 Å². The molecule has 2 aromatic rings. The van der Waals surface area contributed by atoms with Crippen LogP contribution < -0.4 is 10.1 Å². The second kappa shape index (κ2) is 10.9. The first-order valence-corrected chi connectivity index (χ1v) is 12.6. The zero-order valence-electron chi connectivity index (χ0n) is 19.1. The first-order chi connectivity index (χ1) is 15.4. The molecule has 1 aliphatic rings. The molecule has 7 nitrogen and oxygen atoms in total. The summed E-state index contributed by atoms with van der Waals surface area (Å²) in [5, 5.41) is 2.88. The molecule has 8 heteroatoms. The second-order valence-corrected chi connectivity index (χ2v) is 9.84. The maximum Gasteiger partial charge on any atom is 0.251 e. The number of rotatable bonds is 10. The Morgan fingerprint density at radius 1 is 1.03 bits per heavy atom. The van der Waals surface area contributed by atoms with Crippen molar-refractivity contribution in [1.82, 2.24) is 14.5 Å². The van der Waals surface area contributed by atoms with E-state index in [2.05, 4.69) is 22.3 Å². The summed E-state index contributed by atoms with van der Waals surface area (Å²) in [6.07, 6.45) is 2.54. The molecule has 0 bridgehead atoms. The summed E-state index contributed by atoms with van der Waals surface area (Å²) in [7, 11) is -2.34. The zero-order valence-corrected chi connectivity index (χ0v) is 20.0. The van der Waals surface area contributed by atoms with Crippen molar-refractivity contribution in [2.24, 2.45) is 0 Å². The summed E-state index contributed by atoms with van der Waals surface area (Å²) in [4.78, 5) is 15.2. The molecule has 0 atom stereocenters. The predicted octanol–water partition coefficient (Wildman–Crippen LogP) is 3.25. The normalized spacial score (nSPS) is 14.6. The molecule has 0 radical (unpaired) electrons. The van der Waals surface area contributed by atoms with Gasteiger partial charge in [-0.2, -0.15) is 4.31 Å². The van der Waals surface area contributed by atoms with Gasteiger partial charge in [0, 0.05) is 31.7 Å². The minimum absolute atomic E-state index is 0.00242. The number of nitrogens with zero attached hydrogens (tertiary/aromatic N) is 2. The average molecular weight is 460 g/mol. The van der Waals surface area contributed by atoms with Gasteiger partial charge in [0.1, 0.15) is 10.6 Å². The fourth-order valence-electron chi connectivity index (χ4n) is 3.97. The highest BCUT2D eigenvalue weighted by Crippen LogP contribution is 2.28. The van der Waals surface area contributed by atoms with Crippen LogP contribution in [0.5, 0.6) is 5.75 Å². The smallest absolute Gasteiger partial charge is 0.251 e. The SMILES string of the molecule is CCN(CC)S(=O)(=O)c1cc(C(=O)NCc2ccc(CN3CCCC3)cc2)ccc1OC. The third-order valence-corrected chi connectivity index (χ3v) is 7.90. The molecule has 0 unspecified atom stereocenters. The van der Waals surface area contributed by atoms with Crippen LogP contribution in [0.25, 0.3) is 0 Å². The molecule has 1 fully saturated rings. The summed E-state index contributed by atoms with van der Waals surface area (Å²) in [5.74, 6) is -0.105. The van der Waals surface area contributed by atoms with Crippen LogP contribution in [0.3, 0.4) is 0 Å². The molecule has 0 aliphatic carbocycles. The highest BCUT2D eigenvalue weighted by molar-refractivity contribution is 7.89. The van der Waals surface area contributed by atoms with E-state index < -0.39 is 10.0 Å². The lowest BCUT2D eigenvalue weighted by atomic mass is 10.1. The number of carbonyl (C=O) groups excluding carboxylic acids is 1. The van der Waals surface area contributed by atoms with E-state index in [9.17, 15) is 13.2 Å². The van der Waals surface area contributed by atoms with E-state index in [1.54, 1.807) is 19.9 Å². The first-order valence-electron chi connectivity index (χ1n) is 11.2. The summed E-state index contributed by atoms with van der Waals surface area (Å²) < 4.78 is 32.6. The van der Waals surface area contributed by atoms with Gasteiger partial charge in [-0.05, 0) is 55.3 Å². The highest BCUT2D eigenvalue weighted by Gasteiger charge is 2.26. The van der Waals surface area contributed by atoms with Crippen LogP contribution in [0.2, 0.25) is 0 Å². The van der Waals surface area contributed by atoms with E-state index in [-0.39, 0.29) is 22.1 Å². The Morgan fingerprint density at radius 3 is 2.25 bits per heavy atom. The minimum atomic E-state index is -3.76. The van der Waals surface area contributed by atoms with Gasteiger partial charge in [-0.3, -0.25) is 9.69 Å². The summed E-state index contributed by atoms with van der Waals surface area (Å²) in [5.41, 5.74) is 2.54. The Bertz CT molecular complexity index is 1010. The molecule has 0 saturated carbocycles. The Balaban J connectivity index is 1.68. The predicted molar refractivity (Wildman–Crippen MR) is 125 cm³/mol. The van der Waals surface area contributed by atoms with E-state index in [4.69, 9.17) is 4.74 Å². The molecule has 1 heterocycles. The standard InChI is InChI=1S/C24H33N3O4S/c1-4-27(5-2)32(29,30)23-16-21(12-13-22(23)31-3)24(28)25-17-19-8-10-20(11-9-19)18-26-14-6-7-15-26/h8-13,16H,4-7,14-15,17-18H2,1-3H3,(H,25,28). The molecule has 1 saturated heterocycles. The van der Waals surface area contributed by atoms with Crippen molar-refractivity contribution in [2.75, 3.05) is 33.3 Å². The number of ether oxygens (including phenoxy) is 1. The second-order valence-electron chi connectivity index (χ2n) is 7.94. The van der Waals surface area contributed by atoms with Gasteiger partial charge < -0.3 is 10.1 Å². The molecular weight excluding hydrogens is 426 g/mol. The van der Waals surface area contributed by atoms with Crippen LogP contribution in [0.1, 0.15) is 48.2 Å². The Hall–Kier alpha value is -2.42. The number of sulfonamides is 1. The van der Waals surface area contributed by atoms with Crippen LogP contribution in [0.15, 0.2) is 47.4 Å². The Labute approximate surface area is 191 Å². The van der Waals surface area contributed by atoms with Crippen LogP contribution in [-0.2, 0) is 23.1 Å². The number of likely N-dealkylation sites (tertiary alicyclic amines) is 1. The number of hydrogen-bond acceptors (Lipinski definition) is 5. The van der Waals surface area contributed by atoms with Gasteiger partial charge in [0.2, 0.25) is 10.0 Å². The fourth-order valence-corrected chi connectivity index (χ4v) is 5.61. The average Bonchev–Trinajstić information content (AvgIpc) is 3.31. The molecule has 2 aromatic carbocycles. The maximum absolute atomic E-state index is 13.0. The lowest BCUT2D eigenvalue weighted by Crippen LogP contribution is -2.31. The molecule has 1 amide bonds. The Morgan fingerprint density at radius 2 is 1.66 bits per heavy atom. The van der Waals surface area contributed by atoms with Gasteiger partial charge in [0.25, 0.3) is 5.91 Å². The van der Waals surface area contributed by atoms with Gasteiger partial charge >= 0.3 is 0 Å². The van der Waals surface area contributed by atoms with Crippen LogP contribution >= 0.6 is 0 Å². The largest absolute Gasteiger partial charge is 0.495 e. The number of hydrogen-bond donors (Lipinski definition) is 1. The number of methoxy groups -OCH3 is 1.